The van der Waals surface area contributed by atoms with Crippen LogP contribution in [-0.2, 0) is 9.84 Å². The lowest BCUT2D eigenvalue weighted by molar-refractivity contribution is 0.102. The number of hydrogen-bond donors (Lipinski definition) is 1. The second-order valence-corrected chi connectivity index (χ2v) is 6.34. The van der Waals surface area contributed by atoms with E-state index in [0.717, 1.165) is 6.07 Å². The number of amides is 1. The van der Waals surface area contributed by atoms with Gasteiger partial charge in [0.1, 0.15) is 11.3 Å². The molecular weight excluding hydrogens is 318 g/mol. The number of aryl methyl sites for hydroxylation is 2. The molecule has 0 bridgehead atoms. The number of carbonyl (C=O) groups excluding carboxylic acids is 1. The fourth-order valence-corrected chi connectivity index (χ4v) is 2.79. The van der Waals surface area contributed by atoms with Crippen LogP contribution in [-0.4, -0.2) is 25.2 Å². The van der Waals surface area contributed by atoms with Crippen LogP contribution < -0.4 is 5.32 Å². The van der Waals surface area contributed by atoms with Crippen LogP contribution in [0.1, 0.15) is 21.8 Å². The number of sulfone groups is 1. The molecule has 2 aromatic rings. The Labute approximate surface area is 125 Å². The normalized spacial score (nSPS) is 11.7. The van der Waals surface area contributed by atoms with Crippen molar-refractivity contribution in [3.63, 3.8) is 0 Å². The molecule has 1 N–H and O–H groups in total. The van der Waals surface area contributed by atoms with Crippen LogP contribution in [0.25, 0.3) is 0 Å². The third kappa shape index (κ3) is 2.84. The summed E-state index contributed by atoms with van der Waals surface area (Å²) < 4.78 is 53.5. The summed E-state index contributed by atoms with van der Waals surface area (Å²) in [6.45, 7) is 3.05. The molecule has 0 aliphatic rings. The van der Waals surface area contributed by atoms with E-state index in [9.17, 15) is 22.0 Å². The van der Waals surface area contributed by atoms with Gasteiger partial charge in [-0.2, -0.15) is 8.78 Å². The molecule has 0 radical (unpaired) electrons. The van der Waals surface area contributed by atoms with E-state index in [2.05, 4.69) is 10.5 Å². The van der Waals surface area contributed by atoms with Gasteiger partial charge in [-0.25, -0.2) is 8.42 Å². The molecule has 0 spiro atoms. The first kappa shape index (κ1) is 16.1. The summed E-state index contributed by atoms with van der Waals surface area (Å²) in [7, 11) is -4.83. The fourth-order valence-electron chi connectivity index (χ4n) is 1.91. The highest BCUT2D eigenvalue weighted by Crippen LogP contribution is 2.27. The zero-order chi connectivity index (χ0) is 16.5. The minimum Gasteiger partial charge on any atom is -0.361 e. The smallest absolute Gasteiger partial charge is 0.341 e. The number of hydrogen-bond acceptors (Lipinski definition) is 5. The van der Waals surface area contributed by atoms with Crippen molar-refractivity contribution >= 4 is 21.4 Å². The van der Waals surface area contributed by atoms with Crippen LogP contribution in [0.15, 0.2) is 33.7 Å². The van der Waals surface area contributed by atoms with Crippen molar-refractivity contribution in [2.24, 2.45) is 0 Å². The number of rotatable bonds is 4. The predicted octanol–water partition coefficient (Wildman–Crippen LogP) is 2.54. The molecule has 1 amide bonds. The van der Waals surface area contributed by atoms with Crippen molar-refractivity contribution in [2.45, 2.75) is 24.5 Å². The minimum atomic E-state index is -4.83. The van der Waals surface area contributed by atoms with E-state index in [1.165, 1.54) is 32.0 Å². The van der Waals surface area contributed by atoms with Crippen molar-refractivity contribution in [1.82, 2.24) is 5.16 Å². The Kier molecular flexibility index (Phi) is 4.27. The molecule has 1 aromatic carbocycles. The molecule has 22 heavy (non-hydrogen) atoms. The molecule has 1 aromatic heterocycles. The SMILES string of the molecule is Cc1noc(C)c1C(=O)Nc1ccccc1S(=O)(=O)C(F)F. The molecule has 2 rings (SSSR count). The molecule has 0 aliphatic carbocycles. The Bertz CT molecular complexity index is 796. The summed E-state index contributed by atoms with van der Waals surface area (Å²) in [5.74, 6) is -4.03. The maximum absolute atomic E-state index is 12.7. The van der Waals surface area contributed by atoms with Gasteiger partial charge in [-0.05, 0) is 26.0 Å². The molecule has 0 saturated heterocycles. The number of para-hydroxylation sites is 1. The lowest BCUT2D eigenvalue weighted by Gasteiger charge is -2.11. The molecule has 0 atom stereocenters. The zero-order valence-corrected chi connectivity index (χ0v) is 12.4. The van der Waals surface area contributed by atoms with Gasteiger partial charge < -0.3 is 9.84 Å². The largest absolute Gasteiger partial charge is 0.361 e. The van der Waals surface area contributed by atoms with Crippen molar-refractivity contribution in [3.05, 3.63) is 41.3 Å². The number of nitrogens with zero attached hydrogens (tertiary/aromatic N) is 1. The summed E-state index contributed by atoms with van der Waals surface area (Å²) >= 11 is 0. The first-order chi connectivity index (χ1) is 10.2. The van der Waals surface area contributed by atoms with Gasteiger partial charge >= 0.3 is 5.76 Å². The fraction of sp³-hybridized carbons (Fsp3) is 0.231. The second kappa shape index (κ2) is 5.84. The monoisotopic (exact) mass is 330 g/mol. The van der Waals surface area contributed by atoms with Crippen molar-refractivity contribution < 1.29 is 26.5 Å². The van der Waals surface area contributed by atoms with Gasteiger partial charge in [0, 0.05) is 0 Å². The van der Waals surface area contributed by atoms with Gasteiger partial charge in [0.05, 0.1) is 16.3 Å². The van der Waals surface area contributed by atoms with Crippen molar-refractivity contribution in [3.8, 4) is 0 Å². The number of aromatic nitrogens is 1. The molecule has 0 fully saturated rings. The molecule has 0 aliphatic heterocycles. The lowest BCUT2D eigenvalue weighted by atomic mass is 10.2. The first-order valence-corrected chi connectivity index (χ1v) is 7.65. The number of halogens is 2. The number of anilines is 1. The topological polar surface area (TPSA) is 89.3 Å². The summed E-state index contributed by atoms with van der Waals surface area (Å²) in [4.78, 5) is 11.5. The lowest BCUT2D eigenvalue weighted by Crippen LogP contribution is -2.18. The van der Waals surface area contributed by atoms with Gasteiger partial charge in [-0.3, -0.25) is 4.79 Å². The molecule has 1 heterocycles. The van der Waals surface area contributed by atoms with Crippen LogP contribution in [0.4, 0.5) is 14.5 Å². The number of nitrogens with one attached hydrogen (secondary N) is 1. The number of carbonyl (C=O) groups is 1. The number of alkyl halides is 2. The Morgan fingerprint density at radius 2 is 1.91 bits per heavy atom. The Hall–Kier alpha value is -2.29. The van der Waals surface area contributed by atoms with Crippen LogP contribution in [0.3, 0.4) is 0 Å². The zero-order valence-electron chi connectivity index (χ0n) is 11.6. The van der Waals surface area contributed by atoms with Gasteiger partial charge in [0.15, 0.2) is 0 Å². The summed E-state index contributed by atoms with van der Waals surface area (Å²) in [5, 5.41) is 5.91. The van der Waals surface area contributed by atoms with E-state index in [4.69, 9.17) is 4.52 Å². The Morgan fingerprint density at radius 3 is 2.45 bits per heavy atom. The molecule has 0 saturated carbocycles. The van der Waals surface area contributed by atoms with Crippen LogP contribution in [0.5, 0.6) is 0 Å². The highest BCUT2D eigenvalue weighted by atomic mass is 32.2. The van der Waals surface area contributed by atoms with Crippen molar-refractivity contribution in [1.29, 1.82) is 0 Å². The molecular formula is C13H12F2N2O4S. The summed E-state index contributed by atoms with van der Waals surface area (Å²) in [6, 6.07) is 4.95. The van der Waals surface area contributed by atoms with Crippen molar-refractivity contribution in [2.75, 3.05) is 5.32 Å². The third-order valence-electron chi connectivity index (χ3n) is 2.94. The van der Waals surface area contributed by atoms with Gasteiger partial charge in [0.25, 0.3) is 5.91 Å². The van der Waals surface area contributed by atoms with Crippen LogP contribution >= 0.6 is 0 Å². The van der Waals surface area contributed by atoms with E-state index >= 15 is 0 Å². The first-order valence-electron chi connectivity index (χ1n) is 6.10. The average Bonchev–Trinajstić information content (AvgIpc) is 2.78. The van der Waals surface area contributed by atoms with E-state index in [1.54, 1.807) is 0 Å². The van der Waals surface area contributed by atoms with E-state index < -0.39 is 26.4 Å². The summed E-state index contributed by atoms with van der Waals surface area (Å²) in [5.41, 5.74) is 0.209. The maximum atomic E-state index is 12.7. The van der Waals surface area contributed by atoms with Gasteiger partial charge in [0.2, 0.25) is 9.84 Å². The average molecular weight is 330 g/mol. The van der Waals surface area contributed by atoms with Gasteiger partial charge in [-0.1, -0.05) is 17.3 Å². The van der Waals surface area contributed by atoms with Gasteiger partial charge in [-0.15, -0.1) is 0 Å². The highest BCUT2D eigenvalue weighted by molar-refractivity contribution is 7.91. The number of benzene rings is 1. The van der Waals surface area contributed by atoms with Crippen LogP contribution in [0, 0.1) is 13.8 Å². The van der Waals surface area contributed by atoms with E-state index in [1.807, 2.05) is 0 Å². The third-order valence-corrected chi connectivity index (χ3v) is 4.37. The molecule has 118 valence electrons. The highest BCUT2D eigenvalue weighted by Gasteiger charge is 2.30. The molecule has 0 unspecified atom stereocenters. The van der Waals surface area contributed by atoms with Crippen LogP contribution in [0.2, 0.25) is 0 Å². The van der Waals surface area contributed by atoms with E-state index in [0.29, 0.717) is 5.69 Å². The summed E-state index contributed by atoms with van der Waals surface area (Å²) in [6.07, 6.45) is 0. The van der Waals surface area contributed by atoms with E-state index in [-0.39, 0.29) is 17.0 Å². The maximum Gasteiger partial charge on any atom is 0.341 e. The molecule has 9 heteroatoms. The Morgan fingerprint density at radius 1 is 1.27 bits per heavy atom. The predicted molar refractivity (Wildman–Crippen MR) is 73.6 cm³/mol. The Balaban J connectivity index is 2.42. The second-order valence-electron chi connectivity index (χ2n) is 4.46. The standard InChI is InChI=1S/C13H12F2N2O4S/c1-7-11(8(2)21-17-7)12(18)16-9-5-3-4-6-10(9)22(19,20)13(14)15/h3-6,13H,1-2H3,(H,16,18). The minimum absolute atomic E-state index is 0.129. The quantitative estimate of drug-likeness (QED) is 0.930. The molecule has 6 nitrogen and oxygen atoms in total.